The summed E-state index contributed by atoms with van der Waals surface area (Å²) < 4.78 is 1.82. The summed E-state index contributed by atoms with van der Waals surface area (Å²) in [6, 6.07) is 8.73. The minimum atomic E-state index is -0.298. The molecule has 2 aromatic rings. The molecule has 0 fully saturated rings. The van der Waals surface area contributed by atoms with Crippen molar-refractivity contribution in [3.8, 4) is 6.07 Å². The average molecular weight is 368 g/mol. The first kappa shape index (κ1) is 20.0. The summed E-state index contributed by atoms with van der Waals surface area (Å²) >= 11 is 0. The molecule has 1 aromatic heterocycles. The van der Waals surface area contributed by atoms with Gasteiger partial charge >= 0.3 is 6.03 Å². The topological polar surface area (TPSA) is 112 Å². The molecule has 0 atom stereocenters. The zero-order valence-corrected chi connectivity index (χ0v) is 15.8. The highest BCUT2D eigenvalue weighted by molar-refractivity contribution is 5.92. The summed E-state index contributed by atoms with van der Waals surface area (Å²) in [5.74, 6) is -0.0921. The van der Waals surface area contributed by atoms with Gasteiger partial charge in [-0.05, 0) is 50.1 Å². The predicted molar refractivity (Wildman–Crippen MR) is 103 cm³/mol. The largest absolute Gasteiger partial charge is 0.341 e. The molecule has 0 saturated heterocycles. The number of nitriles is 1. The SMILES string of the molecule is CNC(=O)Nc1ccc(NC(=O)CCc2c(C)nn(CCC#N)c2C)cc1. The number of aromatic nitrogens is 2. The van der Waals surface area contributed by atoms with Crippen LogP contribution in [0.2, 0.25) is 0 Å². The number of carbonyl (C=O) groups excluding carboxylic acids is 2. The molecule has 8 heteroatoms. The fourth-order valence-corrected chi connectivity index (χ4v) is 2.76. The lowest BCUT2D eigenvalue weighted by Crippen LogP contribution is -2.24. The van der Waals surface area contributed by atoms with Crippen molar-refractivity contribution in [3.05, 3.63) is 41.2 Å². The molecular formula is C19H24N6O2. The number of aryl methyl sites for hydroxylation is 2. The maximum atomic E-state index is 12.2. The fraction of sp³-hybridized carbons (Fsp3) is 0.368. The number of rotatable bonds is 7. The van der Waals surface area contributed by atoms with Crippen molar-refractivity contribution in [1.82, 2.24) is 15.1 Å². The highest BCUT2D eigenvalue weighted by atomic mass is 16.2. The lowest BCUT2D eigenvalue weighted by Gasteiger charge is -2.08. The Morgan fingerprint density at radius 1 is 1.15 bits per heavy atom. The van der Waals surface area contributed by atoms with Gasteiger partial charge in [0.1, 0.15) is 0 Å². The molecule has 8 nitrogen and oxygen atoms in total. The third-order valence-corrected chi connectivity index (χ3v) is 4.22. The molecule has 0 unspecified atom stereocenters. The summed E-state index contributed by atoms with van der Waals surface area (Å²) in [6.45, 7) is 4.44. The van der Waals surface area contributed by atoms with Crippen LogP contribution in [0.4, 0.5) is 16.2 Å². The maximum Gasteiger partial charge on any atom is 0.318 e. The number of anilines is 2. The molecule has 0 spiro atoms. The molecule has 3 N–H and O–H groups in total. The Kier molecular flexibility index (Phi) is 6.94. The quantitative estimate of drug-likeness (QED) is 0.697. The second kappa shape index (κ2) is 9.38. The van der Waals surface area contributed by atoms with Crippen LogP contribution in [0, 0.1) is 25.2 Å². The van der Waals surface area contributed by atoms with E-state index in [-0.39, 0.29) is 11.9 Å². The fourth-order valence-electron chi connectivity index (χ4n) is 2.76. The molecule has 0 aliphatic heterocycles. The molecule has 1 aromatic carbocycles. The van der Waals surface area contributed by atoms with Gasteiger partial charge in [-0.3, -0.25) is 9.48 Å². The Bertz CT molecular complexity index is 848. The third-order valence-electron chi connectivity index (χ3n) is 4.22. The Morgan fingerprint density at radius 2 is 1.78 bits per heavy atom. The van der Waals surface area contributed by atoms with Crippen LogP contribution in [0.5, 0.6) is 0 Å². The lowest BCUT2D eigenvalue weighted by atomic mass is 10.1. The third kappa shape index (κ3) is 5.57. The van der Waals surface area contributed by atoms with E-state index in [9.17, 15) is 9.59 Å². The number of carbonyl (C=O) groups is 2. The van der Waals surface area contributed by atoms with Gasteiger partial charge in [0.15, 0.2) is 0 Å². The second-order valence-corrected chi connectivity index (χ2v) is 6.11. The van der Waals surface area contributed by atoms with Crippen molar-refractivity contribution in [2.75, 3.05) is 17.7 Å². The normalized spacial score (nSPS) is 10.1. The zero-order chi connectivity index (χ0) is 19.8. The predicted octanol–water partition coefficient (Wildman–Crippen LogP) is 2.74. The first-order valence-electron chi connectivity index (χ1n) is 8.73. The number of nitrogens with one attached hydrogen (secondary N) is 3. The van der Waals surface area contributed by atoms with Crippen molar-refractivity contribution in [1.29, 1.82) is 5.26 Å². The van der Waals surface area contributed by atoms with E-state index >= 15 is 0 Å². The van der Waals surface area contributed by atoms with E-state index in [1.54, 1.807) is 31.3 Å². The van der Waals surface area contributed by atoms with E-state index in [2.05, 4.69) is 27.1 Å². The molecule has 1 heterocycles. The Labute approximate surface area is 158 Å². The first-order valence-corrected chi connectivity index (χ1v) is 8.73. The molecule has 0 saturated carbocycles. The number of urea groups is 1. The Balaban J connectivity index is 1.90. The standard InChI is InChI=1S/C19H24N6O2/c1-13-17(14(2)25(24-13)12-4-11-20)9-10-18(26)22-15-5-7-16(8-6-15)23-19(27)21-3/h5-8H,4,9-10,12H2,1-3H3,(H,22,26)(H2,21,23,27). The first-order chi connectivity index (χ1) is 12.9. The summed E-state index contributed by atoms with van der Waals surface area (Å²) in [4.78, 5) is 23.5. The van der Waals surface area contributed by atoms with Crippen LogP contribution in [-0.4, -0.2) is 28.8 Å². The van der Waals surface area contributed by atoms with Crippen molar-refractivity contribution >= 4 is 23.3 Å². The van der Waals surface area contributed by atoms with E-state index in [1.807, 2.05) is 18.5 Å². The van der Waals surface area contributed by atoms with E-state index in [0.717, 1.165) is 17.0 Å². The van der Waals surface area contributed by atoms with E-state index in [0.29, 0.717) is 37.2 Å². The number of nitrogens with zero attached hydrogens (tertiary/aromatic N) is 3. The number of hydrogen-bond donors (Lipinski definition) is 3. The molecule has 0 aliphatic rings. The van der Waals surface area contributed by atoms with Gasteiger partial charge in [0.25, 0.3) is 0 Å². The molecule has 0 radical (unpaired) electrons. The van der Waals surface area contributed by atoms with Gasteiger partial charge in [0.05, 0.1) is 24.7 Å². The summed E-state index contributed by atoms with van der Waals surface area (Å²) in [6.07, 6.45) is 1.34. The van der Waals surface area contributed by atoms with Gasteiger partial charge in [0.2, 0.25) is 5.91 Å². The average Bonchev–Trinajstić information content (AvgIpc) is 2.93. The molecule has 142 valence electrons. The van der Waals surface area contributed by atoms with Crippen LogP contribution in [0.3, 0.4) is 0 Å². The molecule has 2 rings (SSSR count). The summed E-state index contributed by atoms with van der Waals surface area (Å²) in [5, 5.41) is 21.1. The van der Waals surface area contributed by atoms with Gasteiger partial charge in [-0.2, -0.15) is 10.4 Å². The molecule has 0 aliphatic carbocycles. The van der Waals surface area contributed by atoms with Crippen molar-refractivity contribution < 1.29 is 9.59 Å². The van der Waals surface area contributed by atoms with Crippen LogP contribution in [0.1, 0.15) is 29.8 Å². The van der Waals surface area contributed by atoms with E-state index < -0.39 is 0 Å². The molecular weight excluding hydrogens is 344 g/mol. The highest BCUT2D eigenvalue weighted by Gasteiger charge is 2.13. The summed E-state index contributed by atoms with van der Waals surface area (Å²) in [5.41, 5.74) is 4.25. The molecule has 3 amide bonds. The van der Waals surface area contributed by atoms with Crippen LogP contribution in [-0.2, 0) is 17.8 Å². The van der Waals surface area contributed by atoms with Gasteiger partial charge in [-0.1, -0.05) is 0 Å². The number of hydrogen-bond acceptors (Lipinski definition) is 4. The van der Waals surface area contributed by atoms with Crippen molar-refractivity contribution in [3.63, 3.8) is 0 Å². The van der Waals surface area contributed by atoms with Crippen molar-refractivity contribution in [2.24, 2.45) is 0 Å². The van der Waals surface area contributed by atoms with E-state index in [1.165, 1.54) is 0 Å². The van der Waals surface area contributed by atoms with Gasteiger partial charge in [-0.25, -0.2) is 4.79 Å². The van der Waals surface area contributed by atoms with Crippen LogP contribution >= 0.6 is 0 Å². The minimum absolute atomic E-state index is 0.0921. The Hall–Kier alpha value is -3.34. The highest BCUT2D eigenvalue weighted by Crippen LogP contribution is 2.17. The van der Waals surface area contributed by atoms with Gasteiger partial charge in [-0.15, -0.1) is 0 Å². The van der Waals surface area contributed by atoms with Crippen molar-refractivity contribution in [2.45, 2.75) is 39.7 Å². The zero-order valence-electron chi connectivity index (χ0n) is 15.8. The monoisotopic (exact) mass is 368 g/mol. The van der Waals surface area contributed by atoms with Crippen LogP contribution < -0.4 is 16.0 Å². The molecule has 27 heavy (non-hydrogen) atoms. The lowest BCUT2D eigenvalue weighted by molar-refractivity contribution is -0.116. The van der Waals surface area contributed by atoms with Crippen LogP contribution in [0.25, 0.3) is 0 Å². The second-order valence-electron chi connectivity index (χ2n) is 6.11. The van der Waals surface area contributed by atoms with Crippen LogP contribution in [0.15, 0.2) is 24.3 Å². The smallest absolute Gasteiger partial charge is 0.318 e. The van der Waals surface area contributed by atoms with Gasteiger partial charge < -0.3 is 16.0 Å². The van der Waals surface area contributed by atoms with E-state index in [4.69, 9.17) is 5.26 Å². The maximum absolute atomic E-state index is 12.2. The van der Waals surface area contributed by atoms with Gasteiger partial charge in [0, 0.05) is 30.5 Å². The number of amides is 3. The molecule has 0 bridgehead atoms. The Morgan fingerprint density at radius 3 is 2.37 bits per heavy atom. The minimum Gasteiger partial charge on any atom is -0.341 e. The number of benzene rings is 1. The summed E-state index contributed by atoms with van der Waals surface area (Å²) in [7, 11) is 1.54.